The van der Waals surface area contributed by atoms with Gasteiger partial charge in [-0.1, -0.05) is 24.3 Å². The molecule has 0 atom stereocenters. The topological polar surface area (TPSA) is 103 Å². The third-order valence-corrected chi connectivity index (χ3v) is 4.28. The van der Waals surface area contributed by atoms with Gasteiger partial charge in [0.2, 0.25) is 5.91 Å². The number of amides is 1. The summed E-state index contributed by atoms with van der Waals surface area (Å²) in [7, 11) is 1.30. The zero-order chi connectivity index (χ0) is 19.6. The third kappa shape index (κ3) is 3.50. The molecule has 8 heteroatoms. The van der Waals surface area contributed by atoms with Crippen LogP contribution < -0.4 is 5.32 Å². The highest BCUT2D eigenvalue weighted by Gasteiger charge is 2.18. The Hall–Kier alpha value is -3.68. The Morgan fingerprint density at radius 2 is 1.93 bits per heavy atom. The Labute approximate surface area is 154 Å². The molecule has 8 nitrogen and oxygen atoms in total. The predicted octanol–water partition coefficient (Wildman–Crippen LogP) is 3.28. The number of esters is 1. The first kappa shape index (κ1) is 18.1. The second kappa shape index (κ2) is 7.28. The molecule has 1 amide bonds. The molecule has 3 aromatic rings. The molecule has 27 heavy (non-hydrogen) atoms. The lowest BCUT2D eigenvalue weighted by Crippen LogP contribution is -2.19. The summed E-state index contributed by atoms with van der Waals surface area (Å²) in [4.78, 5) is 35.0. The van der Waals surface area contributed by atoms with Crippen molar-refractivity contribution in [1.82, 2.24) is 4.57 Å². The van der Waals surface area contributed by atoms with E-state index in [0.29, 0.717) is 27.7 Å². The summed E-state index contributed by atoms with van der Waals surface area (Å²) >= 11 is 0. The molecular weight excluding hydrogens is 350 g/mol. The highest BCUT2D eigenvalue weighted by atomic mass is 16.6. The summed E-state index contributed by atoms with van der Waals surface area (Å²) in [6, 6.07) is 11.7. The highest BCUT2D eigenvalue weighted by Crippen LogP contribution is 2.26. The standard InChI is InChI=1S/C19H17N3O5/c1-12-15(7-5-9-16(12)22(25)26)20-18(23)11-21-10-14(19(24)27-2)13-6-3-4-8-17(13)21/h3-10H,11H2,1-2H3,(H,20,23). The fraction of sp³-hybridized carbons (Fsp3) is 0.158. The molecule has 1 heterocycles. The predicted molar refractivity (Wildman–Crippen MR) is 99.7 cm³/mol. The van der Waals surface area contributed by atoms with Crippen molar-refractivity contribution in [2.75, 3.05) is 12.4 Å². The Morgan fingerprint density at radius 3 is 2.63 bits per heavy atom. The molecule has 1 N–H and O–H groups in total. The number of fused-ring (bicyclic) bond motifs is 1. The minimum atomic E-state index is -0.493. The van der Waals surface area contributed by atoms with Crippen molar-refractivity contribution < 1.29 is 19.2 Å². The third-order valence-electron chi connectivity index (χ3n) is 4.28. The molecule has 0 saturated heterocycles. The molecule has 0 aliphatic carbocycles. The van der Waals surface area contributed by atoms with Gasteiger partial charge in [0.1, 0.15) is 6.54 Å². The van der Waals surface area contributed by atoms with E-state index in [4.69, 9.17) is 4.74 Å². The molecule has 0 spiro atoms. The smallest absolute Gasteiger partial charge is 0.340 e. The molecular formula is C19H17N3O5. The number of hydrogen-bond acceptors (Lipinski definition) is 5. The van der Waals surface area contributed by atoms with Crippen molar-refractivity contribution in [3.8, 4) is 0 Å². The number of nitrogens with one attached hydrogen (secondary N) is 1. The van der Waals surface area contributed by atoms with Crippen LogP contribution in [0, 0.1) is 17.0 Å². The molecule has 1 aromatic heterocycles. The number of methoxy groups -OCH3 is 1. The van der Waals surface area contributed by atoms with Crippen molar-refractivity contribution in [2.24, 2.45) is 0 Å². The number of anilines is 1. The van der Waals surface area contributed by atoms with Gasteiger partial charge in [-0.2, -0.15) is 0 Å². The Morgan fingerprint density at radius 1 is 1.19 bits per heavy atom. The van der Waals surface area contributed by atoms with Crippen molar-refractivity contribution in [3.63, 3.8) is 0 Å². The maximum Gasteiger partial charge on any atom is 0.340 e. The first-order valence-corrected chi connectivity index (χ1v) is 8.12. The van der Waals surface area contributed by atoms with Crippen LogP contribution in [0.25, 0.3) is 10.9 Å². The van der Waals surface area contributed by atoms with E-state index >= 15 is 0 Å². The monoisotopic (exact) mass is 367 g/mol. The molecule has 0 aliphatic heterocycles. The Bertz CT molecular complexity index is 1050. The lowest BCUT2D eigenvalue weighted by atomic mass is 10.1. The van der Waals surface area contributed by atoms with Crippen LogP contribution in [0.15, 0.2) is 48.7 Å². The zero-order valence-electron chi connectivity index (χ0n) is 14.8. The van der Waals surface area contributed by atoms with Gasteiger partial charge in [-0.15, -0.1) is 0 Å². The number of rotatable bonds is 5. The number of aromatic nitrogens is 1. The van der Waals surface area contributed by atoms with E-state index in [-0.39, 0.29) is 18.1 Å². The van der Waals surface area contributed by atoms with E-state index < -0.39 is 10.9 Å². The van der Waals surface area contributed by atoms with Crippen LogP contribution in [0.3, 0.4) is 0 Å². The van der Waals surface area contributed by atoms with Crippen LogP contribution in [0.4, 0.5) is 11.4 Å². The molecule has 0 saturated carbocycles. The number of nitro benzene ring substituents is 1. The minimum Gasteiger partial charge on any atom is -0.465 e. The average molecular weight is 367 g/mol. The number of carbonyl (C=O) groups excluding carboxylic acids is 2. The first-order chi connectivity index (χ1) is 12.9. The van der Waals surface area contributed by atoms with Crippen LogP contribution in [0.5, 0.6) is 0 Å². The van der Waals surface area contributed by atoms with Crippen molar-refractivity contribution in [3.05, 3.63) is 69.9 Å². The molecule has 0 unspecified atom stereocenters. The highest BCUT2D eigenvalue weighted by molar-refractivity contribution is 6.05. The van der Waals surface area contributed by atoms with Crippen LogP contribution in [-0.4, -0.2) is 28.5 Å². The summed E-state index contributed by atoms with van der Waals surface area (Å²) in [5.74, 6) is -0.851. The number of ether oxygens (including phenoxy) is 1. The molecule has 3 rings (SSSR count). The summed E-state index contributed by atoms with van der Waals surface area (Å²) < 4.78 is 6.44. The SMILES string of the molecule is COC(=O)c1cn(CC(=O)Nc2cccc([N+](=O)[O-])c2C)c2ccccc12. The number of para-hydroxylation sites is 1. The molecule has 2 aromatic carbocycles. The van der Waals surface area contributed by atoms with E-state index in [1.54, 1.807) is 42.0 Å². The van der Waals surface area contributed by atoms with Gasteiger partial charge in [-0.3, -0.25) is 14.9 Å². The number of nitrogens with zero attached hydrogens (tertiary/aromatic N) is 2. The Kier molecular flexibility index (Phi) is 4.89. The van der Waals surface area contributed by atoms with Gasteiger partial charge in [0, 0.05) is 23.2 Å². The van der Waals surface area contributed by atoms with Crippen LogP contribution in [0.2, 0.25) is 0 Å². The van der Waals surface area contributed by atoms with Crippen LogP contribution >= 0.6 is 0 Å². The van der Waals surface area contributed by atoms with Gasteiger partial charge < -0.3 is 14.6 Å². The van der Waals surface area contributed by atoms with Crippen molar-refractivity contribution in [1.29, 1.82) is 0 Å². The molecule has 0 radical (unpaired) electrons. The van der Waals surface area contributed by atoms with Crippen LogP contribution in [-0.2, 0) is 16.1 Å². The molecule has 0 aliphatic rings. The fourth-order valence-electron chi connectivity index (χ4n) is 2.95. The molecule has 0 fully saturated rings. The van der Waals surface area contributed by atoms with Crippen molar-refractivity contribution in [2.45, 2.75) is 13.5 Å². The summed E-state index contributed by atoms with van der Waals surface area (Å²) in [5.41, 5.74) is 1.77. The lowest BCUT2D eigenvalue weighted by molar-refractivity contribution is -0.385. The molecule has 0 bridgehead atoms. The van der Waals surface area contributed by atoms with Gasteiger partial charge in [0.05, 0.1) is 28.8 Å². The lowest BCUT2D eigenvalue weighted by Gasteiger charge is -2.10. The van der Waals surface area contributed by atoms with Crippen molar-refractivity contribution >= 4 is 34.2 Å². The number of nitro groups is 1. The quantitative estimate of drug-likeness (QED) is 0.423. The summed E-state index contributed by atoms with van der Waals surface area (Å²) in [6.07, 6.45) is 1.57. The van der Waals surface area contributed by atoms with E-state index in [9.17, 15) is 19.7 Å². The van der Waals surface area contributed by atoms with E-state index in [2.05, 4.69) is 5.32 Å². The number of hydrogen-bond donors (Lipinski definition) is 1. The van der Waals surface area contributed by atoms with Crippen LogP contribution in [0.1, 0.15) is 15.9 Å². The fourth-order valence-corrected chi connectivity index (χ4v) is 2.95. The largest absolute Gasteiger partial charge is 0.465 e. The maximum atomic E-state index is 12.5. The van der Waals surface area contributed by atoms with Gasteiger partial charge in [0.15, 0.2) is 0 Å². The second-order valence-electron chi connectivity index (χ2n) is 5.93. The second-order valence-corrected chi connectivity index (χ2v) is 5.93. The summed E-state index contributed by atoms with van der Waals surface area (Å²) in [6.45, 7) is 1.52. The normalized spacial score (nSPS) is 10.6. The number of carbonyl (C=O) groups is 2. The minimum absolute atomic E-state index is 0.0559. The van der Waals surface area contributed by atoms with Gasteiger partial charge in [0.25, 0.3) is 5.69 Å². The van der Waals surface area contributed by atoms with Gasteiger partial charge in [-0.25, -0.2) is 4.79 Å². The van der Waals surface area contributed by atoms with E-state index in [1.165, 1.54) is 19.2 Å². The van der Waals surface area contributed by atoms with Gasteiger partial charge >= 0.3 is 5.97 Å². The van der Waals surface area contributed by atoms with E-state index in [1.807, 2.05) is 6.07 Å². The molecule has 138 valence electrons. The number of benzene rings is 2. The Balaban J connectivity index is 1.88. The van der Waals surface area contributed by atoms with Gasteiger partial charge in [-0.05, 0) is 19.1 Å². The average Bonchev–Trinajstić information content (AvgIpc) is 3.01. The summed E-state index contributed by atoms with van der Waals surface area (Å²) in [5, 5.41) is 14.4. The van der Waals surface area contributed by atoms with E-state index in [0.717, 1.165) is 0 Å². The zero-order valence-corrected chi connectivity index (χ0v) is 14.8. The first-order valence-electron chi connectivity index (χ1n) is 8.12. The maximum absolute atomic E-state index is 12.5.